The van der Waals surface area contributed by atoms with Crippen LogP contribution in [0.15, 0.2) is 35.2 Å². The molecule has 1 heterocycles. The summed E-state index contributed by atoms with van der Waals surface area (Å²) in [6.07, 6.45) is 1.99. The van der Waals surface area contributed by atoms with E-state index in [4.69, 9.17) is 0 Å². The third-order valence-electron chi connectivity index (χ3n) is 2.78. The molecule has 1 aromatic carbocycles. The second kappa shape index (κ2) is 5.93. The third kappa shape index (κ3) is 3.38. The summed E-state index contributed by atoms with van der Waals surface area (Å²) >= 11 is 1.61. The summed E-state index contributed by atoms with van der Waals surface area (Å²) in [7, 11) is 0. The van der Waals surface area contributed by atoms with E-state index in [1.54, 1.807) is 16.4 Å². The largest absolute Gasteiger partial charge is 0.323 e. The van der Waals surface area contributed by atoms with Gasteiger partial charge in [0.25, 0.3) is 0 Å². The first-order valence-electron chi connectivity index (χ1n) is 6.04. The van der Waals surface area contributed by atoms with Gasteiger partial charge in [0, 0.05) is 10.6 Å². The zero-order valence-electron chi connectivity index (χ0n) is 11.3. The Bertz CT molecular complexity index is 592. The highest BCUT2D eigenvalue weighted by atomic mass is 32.2. The van der Waals surface area contributed by atoms with Crippen LogP contribution in [0.1, 0.15) is 11.4 Å². The van der Waals surface area contributed by atoms with E-state index in [2.05, 4.69) is 10.4 Å². The molecule has 0 aliphatic carbocycles. The molecule has 1 N–H and O–H groups in total. The van der Waals surface area contributed by atoms with Gasteiger partial charge in [-0.1, -0.05) is 12.1 Å². The van der Waals surface area contributed by atoms with E-state index in [1.165, 1.54) is 0 Å². The van der Waals surface area contributed by atoms with Crippen LogP contribution in [0.2, 0.25) is 0 Å². The predicted molar refractivity (Wildman–Crippen MR) is 78.6 cm³/mol. The number of nitrogens with one attached hydrogen (secondary N) is 1. The molecule has 0 bridgehead atoms. The number of hydrogen-bond acceptors (Lipinski definition) is 3. The molecule has 2 rings (SSSR count). The summed E-state index contributed by atoms with van der Waals surface area (Å²) in [5.74, 6) is -0.0623. The average Bonchev–Trinajstić information content (AvgIpc) is 2.68. The van der Waals surface area contributed by atoms with Gasteiger partial charge < -0.3 is 5.32 Å². The standard InChI is InChI=1S/C14H17N3OS/c1-10-8-11(2)17(16-10)9-14(18)15-12-6-4-5-7-13(12)19-3/h4-8H,9H2,1-3H3,(H,15,18). The van der Waals surface area contributed by atoms with Crippen LogP contribution in [-0.2, 0) is 11.3 Å². The van der Waals surface area contributed by atoms with Crippen molar-refractivity contribution in [3.8, 4) is 0 Å². The number of amides is 1. The maximum absolute atomic E-state index is 12.0. The van der Waals surface area contributed by atoms with Crippen LogP contribution in [0.4, 0.5) is 5.69 Å². The van der Waals surface area contributed by atoms with Gasteiger partial charge in [-0.3, -0.25) is 9.48 Å². The van der Waals surface area contributed by atoms with E-state index in [1.807, 2.05) is 50.4 Å². The minimum absolute atomic E-state index is 0.0623. The lowest BCUT2D eigenvalue weighted by molar-refractivity contribution is -0.116. The summed E-state index contributed by atoms with van der Waals surface area (Å²) in [6, 6.07) is 9.73. The molecule has 5 heteroatoms. The average molecular weight is 275 g/mol. The van der Waals surface area contributed by atoms with E-state index in [-0.39, 0.29) is 12.5 Å². The molecule has 19 heavy (non-hydrogen) atoms. The minimum atomic E-state index is -0.0623. The molecule has 0 saturated carbocycles. The molecule has 1 amide bonds. The lowest BCUT2D eigenvalue weighted by atomic mass is 10.3. The fourth-order valence-electron chi connectivity index (χ4n) is 1.91. The first kappa shape index (κ1) is 13.7. The van der Waals surface area contributed by atoms with Crippen LogP contribution in [0, 0.1) is 13.8 Å². The van der Waals surface area contributed by atoms with Crippen molar-refractivity contribution < 1.29 is 4.79 Å². The van der Waals surface area contributed by atoms with Crippen molar-refractivity contribution in [1.82, 2.24) is 9.78 Å². The van der Waals surface area contributed by atoms with Gasteiger partial charge in [0.15, 0.2) is 0 Å². The van der Waals surface area contributed by atoms with E-state index in [0.29, 0.717) is 0 Å². The summed E-state index contributed by atoms with van der Waals surface area (Å²) in [6.45, 7) is 4.11. The summed E-state index contributed by atoms with van der Waals surface area (Å²) in [4.78, 5) is 13.1. The monoisotopic (exact) mass is 275 g/mol. The van der Waals surface area contributed by atoms with Gasteiger partial charge in [0.1, 0.15) is 6.54 Å². The number of thioether (sulfide) groups is 1. The fourth-order valence-corrected chi connectivity index (χ4v) is 2.46. The number of anilines is 1. The number of aryl methyl sites for hydroxylation is 2. The molecule has 0 spiro atoms. The number of carbonyl (C=O) groups excluding carboxylic acids is 1. The van der Waals surface area contributed by atoms with E-state index >= 15 is 0 Å². The molecule has 0 fully saturated rings. The number of nitrogens with zero attached hydrogens (tertiary/aromatic N) is 2. The normalized spacial score (nSPS) is 10.5. The molecule has 0 aliphatic rings. The molecule has 100 valence electrons. The number of carbonyl (C=O) groups is 1. The zero-order chi connectivity index (χ0) is 13.8. The van der Waals surface area contributed by atoms with Crippen molar-refractivity contribution in [1.29, 1.82) is 0 Å². The maximum Gasteiger partial charge on any atom is 0.246 e. The Kier molecular flexibility index (Phi) is 4.27. The smallest absolute Gasteiger partial charge is 0.246 e. The zero-order valence-corrected chi connectivity index (χ0v) is 12.1. The van der Waals surface area contributed by atoms with Crippen LogP contribution >= 0.6 is 11.8 Å². The lowest BCUT2D eigenvalue weighted by Crippen LogP contribution is -2.20. The fraction of sp³-hybridized carbons (Fsp3) is 0.286. The molecular formula is C14H17N3OS. The topological polar surface area (TPSA) is 46.9 Å². The van der Waals surface area contributed by atoms with Crippen LogP contribution in [0.3, 0.4) is 0 Å². The van der Waals surface area contributed by atoms with E-state index < -0.39 is 0 Å². The molecule has 1 aromatic heterocycles. The van der Waals surface area contributed by atoms with Gasteiger partial charge in [-0.15, -0.1) is 11.8 Å². The van der Waals surface area contributed by atoms with Crippen molar-refractivity contribution in [2.24, 2.45) is 0 Å². The molecule has 2 aromatic rings. The van der Waals surface area contributed by atoms with Gasteiger partial charge in [-0.2, -0.15) is 5.10 Å². The number of rotatable bonds is 4. The van der Waals surface area contributed by atoms with E-state index in [0.717, 1.165) is 22.0 Å². The highest BCUT2D eigenvalue weighted by Crippen LogP contribution is 2.24. The van der Waals surface area contributed by atoms with Crippen molar-refractivity contribution in [3.05, 3.63) is 41.7 Å². The second-order valence-electron chi connectivity index (χ2n) is 4.33. The summed E-state index contributed by atoms with van der Waals surface area (Å²) in [5, 5.41) is 7.21. The van der Waals surface area contributed by atoms with Crippen LogP contribution in [0.25, 0.3) is 0 Å². The Morgan fingerprint density at radius 2 is 2.11 bits per heavy atom. The molecule has 0 atom stereocenters. The number of benzene rings is 1. The summed E-state index contributed by atoms with van der Waals surface area (Å²) in [5.41, 5.74) is 2.77. The Morgan fingerprint density at radius 1 is 1.37 bits per heavy atom. The first-order chi connectivity index (χ1) is 9.10. The molecular weight excluding hydrogens is 258 g/mol. The van der Waals surface area contributed by atoms with Gasteiger partial charge >= 0.3 is 0 Å². The highest BCUT2D eigenvalue weighted by Gasteiger charge is 2.09. The molecule has 0 saturated heterocycles. The van der Waals surface area contributed by atoms with Gasteiger partial charge in [0.05, 0.1) is 11.4 Å². The quantitative estimate of drug-likeness (QED) is 0.873. The number of aromatic nitrogens is 2. The van der Waals surface area contributed by atoms with Crippen molar-refractivity contribution in [2.75, 3.05) is 11.6 Å². The Balaban J connectivity index is 2.07. The SMILES string of the molecule is CSc1ccccc1NC(=O)Cn1nc(C)cc1C. The predicted octanol–water partition coefficient (Wildman–Crippen LogP) is 2.86. The van der Waals surface area contributed by atoms with Gasteiger partial charge in [0.2, 0.25) is 5.91 Å². The Labute approximate surface area is 117 Å². The van der Waals surface area contributed by atoms with Crippen LogP contribution < -0.4 is 5.32 Å². The maximum atomic E-state index is 12.0. The van der Waals surface area contributed by atoms with Gasteiger partial charge in [-0.25, -0.2) is 0 Å². The molecule has 4 nitrogen and oxygen atoms in total. The highest BCUT2D eigenvalue weighted by molar-refractivity contribution is 7.98. The number of hydrogen-bond donors (Lipinski definition) is 1. The van der Waals surface area contributed by atoms with Crippen molar-refractivity contribution >= 4 is 23.4 Å². The van der Waals surface area contributed by atoms with Crippen molar-refractivity contribution in [3.63, 3.8) is 0 Å². The Hall–Kier alpha value is -1.75. The van der Waals surface area contributed by atoms with Crippen LogP contribution in [-0.4, -0.2) is 21.9 Å². The second-order valence-corrected chi connectivity index (χ2v) is 5.18. The Morgan fingerprint density at radius 3 is 2.74 bits per heavy atom. The minimum Gasteiger partial charge on any atom is -0.323 e. The van der Waals surface area contributed by atoms with Crippen molar-refractivity contribution in [2.45, 2.75) is 25.3 Å². The number of para-hydroxylation sites is 1. The molecule has 0 radical (unpaired) electrons. The lowest BCUT2D eigenvalue weighted by Gasteiger charge is -2.09. The van der Waals surface area contributed by atoms with E-state index in [9.17, 15) is 4.79 Å². The van der Waals surface area contributed by atoms with Gasteiger partial charge in [-0.05, 0) is 38.3 Å². The summed E-state index contributed by atoms with van der Waals surface area (Å²) < 4.78 is 1.71. The third-order valence-corrected chi connectivity index (χ3v) is 3.57. The van der Waals surface area contributed by atoms with Crippen LogP contribution in [0.5, 0.6) is 0 Å². The first-order valence-corrected chi connectivity index (χ1v) is 7.26. The molecule has 0 aliphatic heterocycles. The molecule has 0 unspecified atom stereocenters.